The van der Waals surface area contributed by atoms with Gasteiger partial charge in [0.2, 0.25) is 5.91 Å². The number of unbranched alkanes of at least 4 members (excludes halogenated alkanes) is 1. The first-order chi connectivity index (χ1) is 24.9. The average molecular weight is 707 g/mol. The van der Waals surface area contributed by atoms with Gasteiger partial charge in [-0.05, 0) is 95.2 Å². The molecule has 0 fully saturated rings. The summed E-state index contributed by atoms with van der Waals surface area (Å²) in [7, 11) is 1.61. The van der Waals surface area contributed by atoms with Gasteiger partial charge in [-0.15, -0.1) is 0 Å². The van der Waals surface area contributed by atoms with Gasteiger partial charge in [-0.25, -0.2) is 0 Å². The molecule has 0 unspecified atom stereocenters. The van der Waals surface area contributed by atoms with E-state index >= 15 is 0 Å². The number of hydrogen-bond acceptors (Lipinski definition) is 6. The molecule has 0 aromatic heterocycles. The first kappa shape index (κ1) is 39.7. The molecule has 8 heteroatoms. The first-order valence-electron chi connectivity index (χ1n) is 18.2. The summed E-state index contributed by atoms with van der Waals surface area (Å²) in [5.74, 6) is 1.97. The SMILES string of the molecule is CCC(C)(C)c1ccc(OCCCCN(Cc2ccc(OC)c(OCc3ccccc3)c2)C(=O)/C=C/c2ccc([N+](=O)[O-])cc2)c(C(C)(C)CC)c1. The molecule has 0 atom stereocenters. The number of nitrogens with zero attached hydrogens (tertiary/aromatic N) is 2. The quantitative estimate of drug-likeness (QED) is 0.0417. The zero-order valence-corrected chi connectivity index (χ0v) is 31.8. The van der Waals surface area contributed by atoms with Crippen LogP contribution >= 0.6 is 0 Å². The number of nitro groups is 1. The van der Waals surface area contributed by atoms with E-state index in [1.165, 1.54) is 29.3 Å². The molecule has 0 spiro atoms. The summed E-state index contributed by atoms with van der Waals surface area (Å²) in [6.07, 6.45) is 6.75. The van der Waals surface area contributed by atoms with E-state index in [0.29, 0.717) is 43.4 Å². The van der Waals surface area contributed by atoms with E-state index in [1.54, 1.807) is 30.2 Å². The van der Waals surface area contributed by atoms with Gasteiger partial charge in [0.25, 0.3) is 5.69 Å². The molecule has 0 bridgehead atoms. The van der Waals surface area contributed by atoms with Gasteiger partial charge in [-0.2, -0.15) is 0 Å². The number of carbonyl (C=O) groups excluding carboxylic acids is 1. The highest BCUT2D eigenvalue weighted by Crippen LogP contribution is 2.38. The van der Waals surface area contributed by atoms with Crippen LogP contribution in [0.25, 0.3) is 6.08 Å². The van der Waals surface area contributed by atoms with Gasteiger partial charge in [0.1, 0.15) is 12.4 Å². The third-order valence-corrected chi connectivity index (χ3v) is 10.0. The van der Waals surface area contributed by atoms with E-state index in [0.717, 1.165) is 42.6 Å². The number of amides is 1. The normalized spacial score (nSPS) is 11.8. The van der Waals surface area contributed by atoms with Crippen LogP contribution in [0.2, 0.25) is 0 Å². The smallest absolute Gasteiger partial charge is 0.269 e. The van der Waals surface area contributed by atoms with Crippen molar-refractivity contribution in [3.63, 3.8) is 0 Å². The Kier molecular flexibility index (Phi) is 14.0. The molecule has 0 aliphatic carbocycles. The summed E-state index contributed by atoms with van der Waals surface area (Å²) in [5.41, 5.74) is 5.25. The fourth-order valence-electron chi connectivity index (χ4n) is 5.72. The molecule has 52 heavy (non-hydrogen) atoms. The highest BCUT2D eigenvalue weighted by Gasteiger charge is 2.26. The van der Waals surface area contributed by atoms with Gasteiger partial charge in [0, 0.05) is 36.9 Å². The minimum absolute atomic E-state index is 0.00300. The number of methoxy groups -OCH3 is 1. The molecule has 4 aromatic rings. The highest BCUT2D eigenvalue weighted by molar-refractivity contribution is 5.91. The molecule has 0 aliphatic rings. The van der Waals surface area contributed by atoms with Crippen LogP contribution in [0.3, 0.4) is 0 Å². The number of benzene rings is 4. The summed E-state index contributed by atoms with van der Waals surface area (Å²) in [6.45, 7) is 15.3. The van der Waals surface area contributed by atoms with Crippen molar-refractivity contribution >= 4 is 17.7 Å². The van der Waals surface area contributed by atoms with Crippen molar-refractivity contribution in [3.8, 4) is 17.2 Å². The van der Waals surface area contributed by atoms with Crippen molar-refractivity contribution in [1.29, 1.82) is 0 Å². The lowest BCUT2D eigenvalue weighted by atomic mass is 9.76. The lowest BCUT2D eigenvalue weighted by Gasteiger charge is -2.30. The van der Waals surface area contributed by atoms with Crippen molar-refractivity contribution in [2.75, 3.05) is 20.3 Å². The van der Waals surface area contributed by atoms with E-state index in [4.69, 9.17) is 14.2 Å². The third-order valence-electron chi connectivity index (χ3n) is 10.0. The third kappa shape index (κ3) is 10.9. The molecule has 0 radical (unpaired) electrons. The number of ether oxygens (including phenoxy) is 3. The highest BCUT2D eigenvalue weighted by atomic mass is 16.6. The number of carbonyl (C=O) groups is 1. The van der Waals surface area contributed by atoms with Gasteiger partial charge < -0.3 is 19.1 Å². The molecule has 4 aromatic carbocycles. The molecule has 0 aliphatic heterocycles. The molecule has 0 heterocycles. The summed E-state index contributed by atoms with van der Waals surface area (Å²) >= 11 is 0. The maximum absolute atomic E-state index is 13.7. The predicted octanol–water partition coefficient (Wildman–Crippen LogP) is 10.5. The molecule has 4 rings (SSSR count). The Bertz CT molecular complexity index is 1800. The number of nitro benzene ring substituents is 1. The maximum Gasteiger partial charge on any atom is 0.269 e. The standard InChI is InChI=1S/C44H54N2O6/c1-8-43(3,4)36-21-25-39(38(30-36)44(5,6)9-2)51-28-14-13-27-45(42(47)26-20-33-17-22-37(23-18-33)46(48)49)31-35-19-24-40(50-7)41(29-35)52-32-34-15-11-10-12-16-34/h10-12,15-26,29-30H,8-9,13-14,27-28,31-32H2,1-7H3/b26-20+. The monoisotopic (exact) mass is 706 g/mol. The number of non-ortho nitro benzene ring substituents is 1. The van der Waals surface area contributed by atoms with Crippen molar-refractivity contribution in [3.05, 3.63) is 135 Å². The molecular weight excluding hydrogens is 652 g/mol. The van der Waals surface area contributed by atoms with E-state index in [1.807, 2.05) is 48.5 Å². The lowest BCUT2D eigenvalue weighted by Crippen LogP contribution is -2.30. The average Bonchev–Trinajstić information content (AvgIpc) is 3.16. The molecule has 0 saturated heterocycles. The summed E-state index contributed by atoms with van der Waals surface area (Å²) in [6, 6.07) is 28.4. The van der Waals surface area contributed by atoms with Crippen molar-refractivity contribution in [2.24, 2.45) is 0 Å². The summed E-state index contributed by atoms with van der Waals surface area (Å²) < 4.78 is 18.2. The number of hydrogen-bond donors (Lipinski definition) is 0. The van der Waals surface area contributed by atoms with Gasteiger partial charge in [-0.1, -0.05) is 90.1 Å². The Hall–Kier alpha value is -5.11. The zero-order valence-electron chi connectivity index (χ0n) is 31.8. The zero-order chi connectivity index (χ0) is 37.7. The van der Waals surface area contributed by atoms with Crippen molar-refractivity contribution in [2.45, 2.75) is 91.2 Å². The molecular formula is C44H54N2O6. The van der Waals surface area contributed by atoms with Crippen LogP contribution in [-0.2, 0) is 28.8 Å². The van der Waals surface area contributed by atoms with Gasteiger partial charge in [-0.3, -0.25) is 14.9 Å². The van der Waals surface area contributed by atoms with E-state index < -0.39 is 4.92 Å². The number of rotatable bonds is 19. The second kappa shape index (κ2) is 18.4. The van der Waals surface area contributed by atoms with Crippen LogP contribution in [0.15, 0.2) is 97.1 Å². The Balaban J connectivity index is 1.48. The Morgan fingerprint density at radius 3 is 2.13 bits per heavy atom. The first-order valence-corrected chi connectivity index (χ1v) is 18.2. The van der Waals surface area contributed by atoms with Gasteiger partial charge >= 0.3 is 0 Å². The summed E-state index contributed by atoms with van der Waals surface area (Å²) in [4.78, 5) is 26.1. The Morgan fingerprint density at radius 1 is 0.788 bits per heavy atom. The van der Waals surface area contributed by atoms with Crippen LogP contribution in [0.1, 0.15) is 95.0 Å². The minimum Gasteiger partial charge on any atom is -0.493 e. The van der Waals surface area contributed by atoms with Crippen LogP contribution in [0, 0.1) is 10.1 Å². The van der Waals surface area contributed by atoms with Crippen LogP contribution in [0.5, 0.6) is 17.2 Å². The Labute approximate surface area is 309 Å². The maximum atomic E-state index is 13.7. The second-order valence-corrected chi connectivity index (χ2v) is 14.4. The van der Waals surface area contributed by atoms with Crippen LogP contribution in [0.4, 0.5) is 5.69 Å². The van der Waals surface area contributed by atoms with Gasteiger partial charge in [0.15, 0.2) is 11.5 Å². The molecule has 276 valence electrons. The largest absolute Gasteiger partial charge is 0.493 e. The lowest BCUT2D eigenvalue weighted by molar-refractivity contribution is -0.384. The second-order valence-electron chi connectivity index (χ2n) is 14.4. The van der Waals surface area contributed by atoms with E-state index in [2.05, 4.69) is 59.7 Å². The topological polar surface area (TPSA) is 91.1 Å². The van der Waals surface area contributed by atoms with E-state index in [-0.39, 0.29) is 22.4 Å². The molecule has 1 amide bonds. The van der Waals surface area contributed by atoms with Crippen molar-refractivity contribution in [1.82, 2.24) is 4.90 Å². The predicted molar refractivity (Wildman–Crippen MR) is 209 cm³/mol. The fourth-order valence-corrected chi connectivity index (χ4v) is 5.72. The van der Waals surface area contributed by atoms with Crippen molar-refractivity contribution < 1.29 is 23.9 Å². The van der Waals surface area contributed by atoms with Crippen LogP contribution in [-0.4, -0.2) is 36.0 Å². The molecule has 0 saturated carbocycles. The minimum atomic E-state index is -0.440. The van der Waals surface area contributed by atoms with E-state index in [9.17, 15) is 14.9 Å². The van der Waals surface area contributed by atoms with Crippen LogP contribution < -0.4 is 14.2 Å². The summed E-state index contributed by atoms with van der Waals surface area (Å²) in [5, 5.41) is 11.1. The molecule has 0 N–H and O–H groups in total. The Morgan fingerprint density at radius 2 is 1.48 bits per heavy atom. The molecule has 8 nitrogen and oxygen atoms in total. The fraction of sp³-hybridized carbons (Fsp3) is 0.386. The van der Waals surface area contributed by atoms with Gasteiger partial charge in [0.05, 0.1) is 18.6 Å².